The highest BCUT2D eigenvalue weighted by atomic mass is 32.2. The van der Waals surface area contributed by atoms with E-state index in [4.69, 9.17) is 0 Å². The summed E-state index contributed by atoms with van der Waals surface area (Å²) in [5.41, 5.74) is 0.333. The number of nitrogens with one attached hydrogen (secondary N) is 1. The lowest BCUT2D eigenvalue weighted by Gasteiger charge is -2.23. The zero-order valence-corrected chi connectivity index (χ0v) is 11.7. The van der Waals surface area contributed by atoms with Crippen molar-refractivity contribution in [3.05, 3.63) is 29.8 Å². The largest absolute Gasteiger partial charge is 0.508 e. The summed E-state index contributed by atoms with van der Waals surface area (Å²) in [4.78, 5) is 36.2. The van der Waals surface area contributed by atoms with Crippen LogP contribution in [0.15, 0.2) is 24.3 Å². The van der Waals surface area contributed by atoms with Gasteiger partial charge in [-0.05, 0) is 37.1 Å². The summed E-state index contributed by atoms with van der Waals surface area (Å²) in [6.45, 7) is 0. The minimum Gasteiger partial charge on any atom is -0.508 e. The predicted molar refractivity (Wildman–Crippen MR) is 74.6 cm³/mol. The van der Waals surface area contributed by atoms with Gasteiger partial charge in [-0.25, -0.2) is 0 Å². The summed E-state index contributed by atoms with van der Waals surface area (Å²) in [6, 6.07) is 5.67. The number of aliphatic hydroxyl groups is 1. The fourth-order valence-electron chi connectivity index (χ4n) is 2.91. The SMILES string of the molecule is O=C(SC12CCC(O)C1C(=O)NC2=O)c1ccc(O)cc1. The zero-order chi connectivity index (χ0) is 15.2. The number of carbonyl (C=O) groups is 3. The van der Waals surface area contributed by atoms with Gasteiger partial charge in [0.25, 0.3) is 0 Å². The van der Waals surface area contributed by atoms with Crippen LogP contribution in [-0.2, 0) is 9.59 Å². The van der Waals surface area contributed by atoms with Crippen LogP contribution in [0.25, 0.3) is 0 Å². The molecule has 21 heavy (non-hydrogen) atoms. The van der Waals surface area contributed by atoms with Gasteiger partial charge in [-0.3, -0.25) is 19.7 Å². The van der Waals surface area contributed by atoms with Crippen molar-refractivity contribution in [1.29, 1.82) is 0 Å². The molecular formula is C14H13NO5S. The van der Waals surface area contributed by atoms with E-state index in [1.165, 1.54) is 24.3 Å². The molecule has 3 atom stereocenters. The molecule has 0 aromatic heterocycles. The molecule has 3 rings (SSSR count). The molecule has 1 saturated heterocycles. The minimum atomic E-state index is -1.22. The number of phenolic OH excluding ortho intramolecular Hbond substituents is 1. The summed E-state index contributed by atoms with van der Waals surface area (Å²) in [5.74, 6) is -1.86. The molecule has 1 aromatic carbocycles. The molecule has 3 unspecified atom stereocenters. The Labute approximate surface area is 124 Å². The van der Waals surface area contributed by atoms with Gasteiger partial charge < -0.3 is 10.2 Å². The van der Waals surface area contributed by atoms with E-state index in [1.54, 1.807) is 0 Å². The number of amides is 2. The predicted octanol–water partition coefficient (Wildman–Crippen LogP) is 0.432. The molecule has 0 spiro atoms. The lowest BCUT2D eigenvalue weighted by atomic mass is 9.97. The first kappa shape index (κ1) is 14.1. The standard InChI is InChI=1S/C14H13NO5S/c16-8-3-1-7(2-4-8)12(19)21-14-6-5-9(17)10(14)11(18)15-13(14)20/h1-4,9-10,16-17H,5-6H2,(H,15,18,20). The van der Waals surface area contributed by atoms with E-state index in [0.29, 0.717) is 12.0 Å². The van der Waals surface area contributed by atoms with Crippen LogP contribution in [0, 0.1) is 5.92 Å². The highest BCUT2D eigenvalue weighted by molar-refractivity contribution is 8.16. The molecule has 2 fully saturated rings. The molecule has 110 valence electrons. The van der Waals surface area contributed by atoms with Gasteiger partial charge in [0.15, 0.2) is 0 Å². The molecule has 7 heteroatoms. The van der Waals surface area contributed by atoms with Crippen LogP contribution in [0.1, 0.15) is 23.2 Å². The number of rotatable bonds is 2. The molecule has 1 aliphatic carbocycles. The molecule has 3 N–H and O–H groups in total. The Morgan fingerprint density at radius 1 is 1.29 bits per heavy atom. The molecule has 1 heterocycles. The van der Waals surface area contributed by atoms with E-state index in [1.807, 2.05) is 0 Å². The van der Waals surface area contributed by atoms with Crippen LogP contribution in [-0.4, -0.2) is 38.0 Å². The maximum absolute atomic E-state index is 12.3. The number of carbonyl (C=O) groups excluding carboxylic acids is 3. The molecular weight excluding hydrogens is 294 g/mol. The minimum absolute atomic E-state index is 0.0395. The third kappa shape index (κ3) is 2.13. The quantitative estimate of drug-likeness (QED) is 0.685. The summed E-state index contributed by atoms with van der Waals surface area (Å²) in [6.07, 6.45) is -0.304. The lowest BCUT2D eigenvalue weighted by molar-refractivity contribution is -0.127. The Kier molecular flexibility index (Phi) is 3.26. The van der Waals surface area contributed by atoms with Crippen molar-refractivity contribution in [2.24, 2.45) is 5.92 Å². The normalized spacial score (nSPS) is 31.1. The topological polar surface area (TPSA) is 104 Å². The highest BCUT2D eigenvalue weighted by Crippen LogP contribution is 2.50. The van der Waals surface area contributed by atoms with E-state index >= 15 is 0 Å². The number of benzene rings is 1. The van der Waals surface area contributed by atoms with Gasteiger partial charge >= 0.3 is 0 Å². The zero-order valence-electron chi connectivity index (χ0n) is 10.9. The molecule has 2 amide bonds. The number of aromatic hydroxyl groups is 1. The summed E-state index contributed by atoms with van der Waals surface area (Å²) >= 11 is 0.786. The number of imide groups is 1. The van der Waals surface area contributed by atoms with Crippen molar-refractivity contribution in [2.75, 3.05) is 0 Å². The number of phenols is 1. The van der Waals surface area contributed by atoms with Crippen LogP contribution >= 0.6 is 11.8 Å². The molecule has 1 aromatic rings. The van der Waals surface area contributed by atoms with Gasteiger partial charge in [0.05, 0.1) is 12.0 Å². The van der Waals surface area contributed by atoms with Crippen molar-refractivity contribution in [3.63, 3.8) is 0 Å². The highest BCUT2D eigenvalue weighted by Gasteiger charge is 2.63. The fourth-order valence-corrected chi connectivity index (χ4v) is 4.25. The van der Waals surface area contributed by atoms with Gasteiger partial charge in [0.2, 0.25) is 16.9 Å². The van der Waals surface area contributed by atoms with E-state index in [9.17, 15) is 24.6 Å². The second kappa shape index (κ2) is 4.85. The Morgan fingerprint density at radius 2 is 1.95 bits per heavy atom. The molecule has 0 radical (unpaired) electrons. The second-order valence-corrected chi connectivity index (χ2v) is 6.53. The first-order valence-electron chi connectivity index (χ1n) is 6.50. The van der Waals surface area contributed by atoms with Gasteiger partial charge in [-0.1, -0.05) is 11.8 Å². The van der Waals surface area contributed by atoms with E-state index in [2.05, 4.69) is 5.32 Å². The Morgan fingerprint density at radius 3 is 2.62 bits per heavy atom. The van der Waals surface area contributed by atoms with E-state index < -0.39 is 28.6 Å². The summed E-state index contributed by atoms with van der Waals surface area (Å²) < 4.78 is -1.22. The Bertz CT molecular complexity index is 629. The van der Waals surface area contributed by atoms with Crippen LogP contribution < -0.4 is 5.32 Å². The number of hydrogen-bond donors (Lipinski definition) is 3. The average Bonchev–Trinajstić information content (AvgIpc) is 2.88. The summed E-state index contributed by atoms with van der Waals surface area (Å²) in [5, 5.41) is 21.0. The van der Waals surface area contributed by atoms with Crippen LogP contribution in [0.5, 0.6) is 5.75 Å². The number of thioether (sulfide) groups is 1. The van der Waals surface area contributed by atoms with Crippen molar-refractivity contribution >= 4 is 28.7 Å². The van der Waals surface area contributed by atoms with Gasteiger partial charge in [0, 0.05) is 5.56 Å². The third-order valence-corrected chi connectivity index (χ3v) is 5.41. The number of hydrogen-bond acceptors (Lipinski definition) is 6. The van der Waals surface area contributed by atoms with Crippen molar-refractivity contribution in [3.8, 4) is 5.75 Å². The van der Waals surface area contributed by atoms with Gasteiger partial charge in [0.1, 0.15) is 10.5 Å². The van der Waals surface area contributed by atoms with E-state index in [-0.39, 0.29) is 17.3 Å². The van der Waals surface area contributed by atoms with Crippen LogP contribution in [0.4, 0.5) is 0 Å². The smallest absolute Gasteiger partial charge is 0.244 e. The maximum atomic E-state index is 12.3. The summed E-state index contributed by atoms with van der Waals surface area (Å²) in [7, 11) is 0. The number of aliphatic hydroxyl groups excluding tert-OH is 1. The van der Waals surface area contributed by atoms with Gasteiger partial charge in [-0.2, -0.15) is 0 Å². The van der Waals surface area contributed by atoms with Crippen LogP contribution in [0.2, 0.25) is 0 Å². The van der Waals surface area contributed by atoms with Gasteiger partial charge in [-0.15, -0.1) is 0 Å². The second-order valence-electron chi connectivity index (χ2n) is 5.23. The molecule has 1 aliphatic heterocycles. The average molecular weight is 307 g/mol. The number of fused-ring (bicyclic) bond motifs is 1. The Hall–Kier alpha value is -1.86. The van der Waals surface area contributed by atoms with Crippen molar-refractivity contribution in [2.45, 2.75) is 23.7 Å². The molecule has 2 aliphatic rings. The monoisotopic (exact) mass is 307 g/mol. The molecule has 6 nitrogen and oxygen atoms in total. The molecule has 0 bridgehead atoms. The lowest BCUT2D eigenvalue weighted by Crippen LogP contribution is -2.38. The van der Waals surface area contributed by atoms with Crippen LogP contribution in [0.3, 0.4) is 0 Å². The third-order valence-electron chi connectivity index (χ3n) is 3.98. The fraction of sp³-hybridized carbons (Fsp3) is 0.357. The van der Waals surface area contributed by atoms with E-state index in [0.717, 1.165) is 11.8 Å². The maximum Gasteiger partial charge on any atom is 0.244 e. The first-order chi connectivity index (χ1) is 9.94. The Balaban J connectivity index is 1.89. The van der Waals surface area contributed by atoms with Crippen molar-refractivity contribution in [1.82, 2.24) is 5.32 Å². The first-order valence-corrected chi connectivity index (χ1v) is 7.31. The molecule has 1 saturated carbocycles. The van der Waals surface area contributed by atoms with Crippen molar-refractivity contribution < 1.29 is 24.6 Å².